The van der Waals surface area contributed by atoms with Gasteiger partial charge in [-0.1, -0.05) is 6.07 Å². The number of anilines is 2. The topological polar surface area (TPSA) is 66.6 Å². The van der Waals surface area contributed by atoms with Crippen molar-refractivity contribution in [2.75, 3.05) is 17.2 Å². The fourth-order valence-electron chi connectivity index (χ4n) is 3.16. The Morgan fingerprint density at radius 3 is 3.00 bits per heavy atom. The van der Waals surface area contributed by atoms with Gasteiger partial charge in [-0.25, -0.2) is 0 Å². The van der Waals surface area contributed by atoms with Gasteiger partial charge in [0.25, 0.3) is 0 Å². The van der Waals surface area contributed by atoms with Crippen LogP contribution < -0.4 is 10.6 Å². The van der Waals surface area contributed by atoms with Gasteiger partial charge in [0, 0.05) is 24.0 Å². The lowest BCUT2D eigenvalue weighted by atomic mass is 9.90. The molecule has 1 aromatic rings. The van der Waals surface area contributed by atoms with Gasteiger partial charge in [0.2, 0.25) is 0 Å². The van der Waals surface area contributed by atoms with E-state index in [9.17, 15) is 9.90 Å². The molecule has 4 nitrogen and oxygen atoms in total. The number of nitrogen functional groups attached to an aromatic ring is 1. The highest BCUT2D eigenvalue weighted by Gasteiger charge is 2.41. The van der Waals surface area contributed by atoms with Crippen LogP contribution in [0.3, 0.4) is 0 Å². The van der Waals surface area contributed by atoms with Crippen LogP contribution in [-0.4, -0.2) is 23.7 Å². The predicted octanol–water partition coefficient (Wildman–Crippen LogP) is 1.49. The number of carboxylic acids is 1. The second-order valence-corrected chi connectivity index (χ2v) is 4.92. The normalized spacial score (nSPS) is 26.5. The van der Waals surface area contributed by atoms with Gasteiger partial charge in [0.1, 0.15) is 0 Å². The first-order valence-corrected chi connectivity index (χ1v) is 6.04. The Kier molecular flexibility index (Phi) is 2.24. The smallest absolute Gasteiger partial charge is 0.308 e. The lowest BCUT2D eigenvalue weighted by Gasteiger charge is -2.35. The number of nitrogens with zero attached hydrogens (tertiary/aromatic N) is 1. The highest BCUT2D eigenvalue weighted by Crippen LogP contribution is 2.39. The van der Waals surface area contributed by atoms with Crippen LogP contribution in [-0.2, 0) is 11.2 Å². The summed E-state index contributed by atoms with van der Waals surface area (Å²) in [6.45, 7) is 0.831. The number of rotatable bonds is 1. The fraction of sp³-hybridized carbons (Fsp3) is 0.462. The fourth-order valence-corrected chi connectivity index (χ4v) is 3.16. The van der Waals surface area contributed by atoms with E-state index in [-0.39, 0.29) is 12.0 Å². The summed E-state index contributed by atoms with van der Waals surface area (Å²) in [6.07, 6.45) is 2.64. The van der Waals surface area contributed by atoms with Crippen LogP contribution in [0.2, 0.25) is 0 Å². The third-order valence-electron chi connectivity index (χ3n) is 3.99. The third-order valence-corrected chi connectivity index (χ3v) is 3.99. The van der Waals surface area contributed by atoms with Crippen molar-refractivity contribution in [2.45, 2.75) is 25.3 Å². The van der Waals surface area contributed by atoms with Crippen molar-refractivity contribution < 1.29 is 9.90 Å². The molecule has 0 aromatic heterocycles. The Hall–Kier alpha value is -1.71. The number of carbonyl (C=O) groups is 1. The molecule has 0 bridgehead atoms. The Bertz CT molecular complexity index is 472. The average molecular weight is 232 g/mol. The number of aliphatic carboxylic acids is 1. The maximum Gasteiger partial charge on any atom is 0.308 e. The molecule has 2 atom stereocenters. The minimum absolute atomic E-state index is 0.154. The minimum Gasteiger partial charge on any atom is -0.481 e. The van der Waals surface area contributed by atoms with Crippen LogP contribution in [0.1, 0.15) is 18.4 Å². The molecular formula is C13H16N2O2. The Morgan fingerprint density at radius 1 is 1.41 bits per heavy atom. The molecule has 90 valence electrons. The first-order valence-electron chi connectivity index (χ1n) is 6.04. The van der Waals surface area contributed by atoms with Crippen LogP contribution in [0.15, 0.2) is 18.2 Å². The second-order valence-electron chi connectivity index (χ2n) is 4.92. The van der Waals surface area contributed by atoms with Crippen molar-refractivity contribution in [1.29, 1.82) is 0 Å². The summed E-state index contributed by atoms with van der Waals surface area (Å²) in [5.74, 6) is -0.880. The lowest BCUT2D eigenvalue weighted by molar-refractivity contribution is -0.141. The maximum atomic E-state index is 11.2. The van der Waals surface area contributed by atoms with Crippen molar-refractivity contribution in [3.05, 3.63) is 23.8 Å². The van der Waals surface area contributed by atoms with E-state index in [0.29, 0.717) is 0 Å². The Balaban J connectivity index is 1.98. The molecule has 1 saturated heterocycles. The Morgan fingerprint density at radius 2 is 2.24 bits per heavy atom. The van der Waals surface area contributed by atoms with Crippen molar-refractivity contribution >= 4 is 17.3 Å². The number of aryl methyl sites for hydroxylation is 1. The van der Waals surface area contributed by atoms with Crippen LogP contribution in [0, 0.1) is 5.92 Å². The molecule has 0 aliphatic carbocycles. The van der Waals surface area contributed by atoms with Gasteiger partial charge in [-0.3, -0.25) is 4.79 Å². The zero-order valence-corrected chi connectivity index (χ0v) is 9.60. The van der Waals surface area contributed by atoms with Crippen LogP contribution in [0.4, 0.5) is 11.4 Å². The SMILES string of the molecule is Nc1ccc2c(c1)N1CCC(C(=O)O)C1CC2. The lowest BCUT2D eigenvalue weighted by Crippen LogP contribution is -2.39. The second kappa shape index (κ2) is 3.65. The van der Waals surface area contributed by atoms with E-state index < -0.39 is 5.97 Å². The van der Waals surface area contributed by atoms with Crippen LogP contribution in [0.5, 0.6) is 0 Å². The van der Waals surface area contributed by atoms with Gasteiger partial charge in [0.15, 0.2) is 0 Å². The van der Waals surface area contributed by atoms with E-state index in [1.165, 1.54) is 5.56 Å². The highest BCUT2D eigenvalue weighted by molar-refractivity contribution is 5.74. The molecule has 1 fully saturated rings. The summed E-state index contributed by atoms with van der Waals surface area (Å²) >= 11 is 0. The molecule has 2 unspecified atom stereocenters. The molecule has 3 rings (SSSR count). The number of hydrogen-bond donors (Lipinski definition) is 2. The van der Waals surface area contributed by atoms with Gasteiger partial charge in [-0.2, -0.15) is 0 Å². The number of benzene rings is 1. The molecule has 1 aromatic carbocycles. The largest absolute Gasteiger partial charge is 0.481 e. The summed E-state index contributed by atoms with van der Waals surface area (Å²) < 4.78 is 0. The number of carboxylic acid groups (broad SMARTS) is 1. The summed E-state index contributed by atoms with van der Waals surface area (Å²) in [5, 5.41) is 9.20. The van der Waals surface area contributed by atoms with Crippen molar-refractivity contribution in [3.63, 3.8) is 0 Å². The first kappa shape index (κ1) is 10.4. The van der Waals surface area contributed by atoms with Gasteiger partial charge in [-0.15, -0.1) is 0 Å². The molecule has 4 heteroatoms. The summed E-state index contributed by atoms with van der Waals surface area (Å²) in [6, 6.07) is 6.12. The van der Waals surface area contributed by atoms with E-state index in [1.54, 1.807) is 0 Å². The maximum absolute atomic E-state index is 11.2. The number of nitrogens with two attached hydrogens (primary N) is 1. The monoisotopic (exact) mass is 232 g/mol. The molecule has 17 heavy (non-hydrogen) atoms. The van der Waals surface area contributed by atoms with E-state index in [4.69, 9.17) is 5.73 Å². The summed E-state index contributed by atoms with van der Waals surface area (Å²) in [5.41, 5.74) is 9.01. The highest BCUT2D eigenvalue weighted by atomic mass is 16.4. The van der Waals surface area contributed by atoms with Crippen LogP contribution >= 0.6 is 0 Å². The Labute approximate surface area is 100 Å². The molecule has 0 amide bonds. The average Bonchev–Trinajstić information content (AvgIpc) is 2.72. The molecule has 0 saturated carbocycles. The van der Waals surface area contributed by atoms with Gasteiger partial charge in [0.05, 0.1) is 5.92 Å². The van der Waals surface area contributed by atoms with Gasteiger partial charge >= 0.3 is 5.97 Å². The minimum atomic E-state index is -0.662. The summed E-state index contributed by atoms with van der Waals surface area (Å²) in [7, 11) is 0. The molecule has 3 N–H and O–H groups in total. The van der Waals surface area contributed by atoms with E-state index in [0.717, 1.165) is 37.2 Å². The van der Waals surface area contributed by atoms with E-state index in [1.807, 2.05) is 12.1 Å². The molecule has 2 aliphatic rings. The van der Waals surface area contributed by atoms with E-state index in [2.05, 4.69) is 11.0 Å². The number of fused-ring (bicyclic) bond motifs is 3. The van der Waals surface area contributed by atoms with Gasteiger partial charge < -0.3 is 15.7 Å². The van der Waals surface area contributed by atoms with E-state index >= 15 is 0 Å². The van der Waals surface area contributed by atoms with Crippen molar-refractivity contribution in [2.24, 2.45) is 5.92 Å². The zero-order chi connectivity index (χ0) is 12.0. The molecule has 2 aliphatic heterocycles. The standard InChI is InChI=1S/C13H16N2O2/c14-9-3-1-8-2-4-11-10(13(16)17)5-6-15(11)12(8)7-9/h1,3,7,10-11H,2,4-6,14H2,(H,16,17). The number of hydrogen-bond acceptors (Lipinski definition) is 3. The molecule has 2 heterocycles. The zero-order valence-electron chi connectivity index (χ0n) is 9.60. The first-order chi connectivity index (χ1) is 8.16. The van der Waals surface area contributed by atoms with Gasteiger partial charge in [-0.05, 0) is 37.0 Å². The molecular weight excluding hydrogens is 216 g/mol. The van der Waals surface area contributed by atoms with Crippen molar-refractivity contribution in [1.82, 2.24) is 0 Å². The third kappa shape index (κ3) is 1.55. The quantitative estimate of drug-likeness (QED) is 0.720. The predicted molar refractivity (Wildman–Crippen MR) is 66.1 cm³/mol. The van der Waals surface area contributed by atoms with Crippen molar-refractivity contribution in [3.8, 4) is 0 Å². The summed E-state index contributed by atoms with van der Waals surface area (Å²) in [4.78, 5) is 13.4. The van der Waals surface area contributed by atoms with Crippen LogP contribution in [0.25, 0.3) is 0 Å². The molecule has 0 spiro atoms. The molecule has 0 radical (unpaired) electrons.